The molecular weight excluding hydrogens is 436 g/mol. The van der Waals surface area contributed by atoms with E-state index in [0.717, 1.165) is 9.87 Å². The van der Waals surface area contributed by atoms with Gasteiger partial charge in [-0.3, -0.25) is 9.59 Å². The summed E-state index contributed by atoms with van der Waals surface area (Å²) >= 11 is 5.98. The van der Waals surface area contributed by atoms with E-state index in [4.69, 9.17) is 11.6 Å². The third-order valence-corrected chi connectivity index (χ3v) is 6.53. The van der Waals surface area contributed by atoms with Crippen LogP contribution in [0, 0.1) is 0 Å². The van der Waals surface area contributed by atoms with E-state index in [-0.39, 0.29) is 22.2 Å². The Hall–Kier alpha value is -3.00. The Kier molecular flexibility index (Phi) is 7.22. The minimum absolute atomic E-state index is 0.00214. The van der Waals surface area contributed by atoms with Crippen LogP contribution in [-0.2, 0) is 21.4 Å². The number of benzene rings is 3. The first kappa shape index (κ1) is 22.7. The zero-order valence-electron chi connectivity index (χ0n) is 16.8. The van der Waals surface area contributed by atoms with Gasteiger partial charge in [0.05, 0.1) is 11.4 Å². The van der Waals surface area contributed by atoms with E-state index in [1.165, 1.54) is 19.1 Å². The lowest BCUT2D eigenvalue weighted by Gasteiger charge is -2.22. The van der Waals surface area contributed by atoms with Crippen molar-refractivity contribution in [1.29, 1.82) is 0 Å². The van der Waals surface area contributed by atoms with Crippen molar-refractivity contribution >= 4 is 39.0 Å². The normalized spacial score (nSPS) is 11.3. The topological polar surface area (TPSA) is 83.6 Å². The average molecular weight is 457 g/mol. The number of nitrogens with zero attached hydrogens (tertiary/aromatic N) is 1. The molecule has 0 unspecified atom stereocenters. The lowest BCUT2D eigenvalue weighted by Crippen LogP contribution is -2.37. The molecule has 0 saturated carbocycles. The Morgan fingerprint density at radius 3 is 2.32 bits per heavy atom. The number of Topliss-reactive ketones (excluding diaryl/α,β-unsaturated/α-hetero) is 1. The molecule has 3 aromatic carbocycles. The van der Waals surface area contributed by atoms with Crippen molar-refractivity contribution in [1.82, 2.24) is 4.31 Å². The molecule has 0 fully saturated rings. The fourth-order valence-corrected chi connectivity index (χ4v) is 4.65. The number of amides is 1. The second kappa shape index (κ2) is 9.87. The highest BCUT2D eigenvalue weighted by Crippen LogP contribution is 2.22. The molecule has 31 heavy (non-hydrogen) atoms. The van der Waals surface area contributed by atoms with Gasteiger partial charge in [0.2, 0.25) is 15.9 Å². The number of hydrogen-bond donors (Lipinski definition) is 1. The maximum Gasteiger partial charge on any atom is 0.243 e. The third-order valence-electron chi connectivity index (χ3n) is 4.51. The molecule has 0 heterocycles. The lowest BCUT2D eigenvalue weighted by molar-refractivity contribution is -0.116. The van der Waals surface area contributed by atoms with Crippen molar-refractivity contribution in [3.63, 3.8) is 0 Å². The number of halogens is 1. The first-order valence-corrected chi connectivity index (χ1v) is 11.3. The largest absolute Gasteiger partial charge is 0.325 e. The molecule has 0 atom stereocenters. The van der Waals surface area contributed by atoms with Crippen molar-refractivity contribution < 1.29 is 18.0 Å². The molecule has 0 saturated heterocycles. The second-order valence-electron chi connectivity index (χ2n) is 6.90. The molecule has 0 aliphatic rings. The number of rotatable bonds is 8. The number of anilines is 1. The highest BCUT2D eigenvalue weighted by atomic mass is 35.5. The standard InChI is InChI=1S/C23H21ClN2O4S/c1-17(27)19-9-5-11-21(13-19)25-23(28)16-26(15-18-7-3-2-4-8-18)31(29,30)22-12-6-10-20(24)14-22/h2-14H,15-16H2,1H3,(H,25,28). The summed E-state index contributed by atoms with van der Waals surface area (Å²) in [6, 6.07) is 21.4. The number of sulfonamides is 1. The van der Waals surface area contributed by atoms with Gasteiger partial charge in [0, 0.05) is 22.8 Å². The fourth-order valence-electron chi connectivity index (χ4n) is 2.97. The average Bonchev–Trinajstić information content (AvgIpc) is 2.74. The number of carbonyl (C=O) groups is 2. The summed E-state index contributed by atoms with van der Waals surface area (Å²) in [6.07, 6.45) is 0. The molecule has 0 bridgehead atoms. The highest BCUT2D eigenvalue weighted by molar-refractivity contribution is 7.89. The number of hydrogen-bond acceptors (Lipinski definition) is 4. The van der Waals surface area contributed by atoms with Crippen LogP contribution in [0.4, 0.5) is 5.69 Å². The molecule has 0 spiro atoms. The van der Waals surface area contributed by atoms with E-state index >= 15 is 0 Å². The van der Waals surface area contributed by atoms with Crippen LogP contribution < -0.4 is 5.32 Å². The van der Waals surface area contributed by atoms with Gasteiger partial charge in [-0.2, -0.15) is 4.31 Å². The van der Waals surface area contributed by atoms with Crippen LogP contribution in [0.5, 0.6) is 0 Å². The Balaban J connectivity index is 1.87. The van der Waals surface area contributed by atoms with Crippen molar-refractivity contribution in [2.75, 3.05) is 11.9 Å². The van der Waals surface area contributed by atoms with Crippen molar-refractivity contribution in [2.45, 2.75) is 18.4 Å². The van der Waals surface area contributed by atoms with E-state index in [0.29, 0.717) is 11.3 Å². The molecule has 0 radical (unpaired) electrons. The first-order valence-electron chi connectivity index (χ1n) is 9.46. The van der Waals surface area contributed by atoms with E-state index in [1.54, 1.807) is 60.7 Å². The van der Waals surface area contributed by atoms with Crippen LogP contribution in [0.2, 0.25) is 5.02 Å². The third kappa shape index (κ3) is 6.01. The van der Waals surface area contributed by atoms with Gasteiger partial charge in [0.15, 0.2) is 5.78 Å². The van der Waals surface area contributed by atoms with Gasteiger partial charge in [-0.25, -0.2) is 8.42 Å². The summed E-state index contributed by atoms with van der Waals surface area (Å²) in [5, 5.41) is 2.95. The molecule has 6 nitrogen and oxygen atoms in total. The molecule has 3 aromatic rings. The molecule has 0 aliphatic carbocycles. The van der Waals surface area contributed by atoms with Crippen molar-refractivity contribution in [3.8, 4) is 0 Å². The molecule has 160 valence electrons. The molecular formula is C23H21ClN2O4S. The predicted octanol–water partition coefficient (Wildman–Crippen LogP) is 4.37. The Bertz CT molecular complexity index is 1200. The van der Waals surface area contributed by atoms with Crippen LogP contribution >= 0.6 is 11.6 Å². The number of nitrogens with one attached hydrogen (secondary N) is 1. The number of ketones is 1. The summed E-state index contributed by atoms with van der Waals surface area (Å²) in [6.45, 7) is 1.03. The van der Waals surface area contributed by atoms with Crippen molar-refractivity contribution in [3.05, 3.63) is 95.0 Å². The van der Waals surface area contributed by atoms with Crippen LogP contribution in [0.15, 0.2) is 83.8 Å². The maximum absolute atomic E-state index is 13.3. The fraction of sp³-hybridized carbons (Fsp3) is 0.130. The molecule has 1 N–H and O–H groups in total. The maximum atomic E-state index is 13.3. The lowest BCUT2D eigenvalue weighted by atomic mass is 10.1. The van der Waals surface area contributed by atoms with Gasteiger partial charge in [-0.15, -0.1) is 0 Å². The molecule has 8 heteroatoms. The Morgan fingerprint density at radius 1 is 0.935 bits per heavy atom. The van der Waals surface area contributed by atoms with E-state index < -0.39 is 22.5 Å². The zero-order chi connectivity index (χ0) is 22.4. The zero-order valence-corrected chi connectivity index (χ0v) is 18.4. The SMILES string of the molecule is CC(=O)c1cccc(NC(=O)CN(Cc2ccccc2)S(=O)(=O)c2cccc(Cl)c2)c1. The van der Waals surface area contributed by atoms with Gasteiger partial charge < -0.3 is 5.32 Å². The van der Waals surface area contributed by atoms with Gasteiger partial charge >= 0.3 is 0 Å². The van der Waals surface area contributed by atoms with E-state index in [2.05, 4.69) is 5.32 Å². The number of carbonyl (C=O) groups excluding carboxylic acids is 2. The summed E-state index contributed by atoms with van der Waals surface area (Å²) in [7, 11) is -4.00. The second-order valence-corrected chi connectivity index (χ2v) is 9.28. The summed E-state index contributed by atoms with van der Waals surface area (Å²) in [5.41, 5.74) is 1.60. The predicted molar refractivity (Wildman–Crippen MR) is 121 cm³/mol. The Labute approximate surface area is 186 Å². The first-order chi connectivity index (χ1) is 14.8. The molecule has 1 amide bonds. The summed E-state index contributed by atoms with van der Waals surface area (Å²) in [4.78, 5) is 24.3. The van der Waals surface area contributed by atoms with Crippen LogP contribution in [-0.4, -0.2) is 31.0 Å². The van der Waals surface area contributed by atoms with Crippen LogP contribution in [0.3, 0.4) is 0 Å². The molecule has 3 rings (SSSR count). The van der Waals surface area contributed by atoms with Gasteiger partial charge in [-0.05, 0) is 42.8 Å². The molecule has 0 aromatic heterocycles. The smallest absolute Gasteiger partial charge is 0.243 e. The monoisotopic (exact) mass is 456 g/mol. The van der Waals surface area contributed by atoms with Crippen LogP contribution in [0.1, 0.15) is 22.8 Å². The molecule has 0 aliphatic heterocycles. The summed E-state index contributed by atoms with van der Waals surface area (Å²) in [5.74, 6) is -0.660. The Morgan fingerprint density at radius 2 is 1.65 bits per heavy atom. The van der Waals surface area contributed by atoms with Crippen LogP contribution in [0.25, 0.3) is 0 Å². The highest BCUT2D eigenvalue weighted by Gasteiger charge is 2.27. The van der Waals surface area contributed by atoms with Crippen molar-refractivity contribution in [2.24, 2.45) is 0 Å². The van der Waals surface area contributed by atoms with Gasteiger partial charge in [-0.1, -0.05) is 60.1 Å². The van der Waals surface area contributed by atoms with Gasteiger partial charge in [0.25, 0.3) is 0 Å². The summed E-state index contributed by atoms with van der Waals surface area (Å²) < 4.78 is 27.6. The quantitative estimate of drug-likeness (QED) is 0.510. The van der Waals surface area contributed by atoms with E-state index in [1.807, 2.05) is 6.07 Å². The van der Waals surface area contributed by atoms with Gasteiger partial charge in [0.1, 0.15) is 0 Å². The minimum Gasteiger partial charge on any atom is -0.325 e. The van der Waals surface area contributed by atoms with E-state index in [9.17, 15) is 18.0 Å². The minimum atomic E-state index is -4.00.